The van der Waals surface area contributed by atoms with Crippen molar-refractivity contribution in [3.05, 3.63) is 0 Å². The summed E-state index contributed by atoms with van der Waals surface area (Å²) in [7, 11) is 0. The zero-order chi connectivity index (χ0) is 11.2. The highest BCUT2D eigenvalue weighted by Crippen LogP contribution is 2.28. The Balaban J connectivity index is 4.02. The van der Waals surface area contributed by atoms with Gasteiger partial charge in [0.2, 0.25) is 0 Å². The first-order valence-electron chi connectivity index (χ1n) is 6.16. The lowest BCUT2D eigenvalue weighted by molar-refractivity contribution is 0.00266. The molecule has 0 fully saturated rings. The number of rotatable bonds is 7. The quantitative estimate of drug-likeness (QED) is 0.658. The molecular weight excluding hydrogens is 172 g/mol. The molecule has 0 heterocycles. The zero-order valence-corrected chi connectivity index (χ0v) is 10.6. The Bertz CT molecular complexity index is 142. The minimum atomic E-state index is -0.400. The Labute approximate surface area is 89.9 Å². The van der Waals surface area contributed by atoms with Gasteiger partial charge in [-0.05, 0) is 37.5 Å². The standard InChI is InChI=1S/C13H28O/c1-6-8-13(14,7-2)10-12(5)9-11(3)4/h11-12,14H,6-10H2,1-5H3. The van der Waals surface area contributed by atoms with Crippen LogP contribution in [-0.4, -0.2) is 10.7 Å². The first-order chi connectivity index (χ1) is 6.43. The number of hydrogen-bond acceptors (Lipinski definition) is 1. The third kappa shape index (κ3) is 5.64. The Morgan fingerprint density at radius 2 is 1.71 bits per heavy atom. The minimum absolute atomic E-state index is 0.400. The summed E-state index contributed by atoms with van der Waals surface area (Å²) in [5, 5.41) is 10.3. The van der Waals surface area contributed by atoms with E-state index in [9.17, 15) is 5.11 Å². The fourth-order valence-corrected chi connectivity index (χ4v) is 2.43. The molecule has 2 unspecified atom stereocenters. The molecule has 0 saturated carbocycles. The van der Waals surface area contributed by atoms with Crippen molar-refractivity contribution in [1.82, 2.24) is 0 Å². The van der Waals surface area contributed by atoms with Crippen molar-refractivity contribution in [1.29, 1.82) is 0 Å². The maximum Gasteiger partial charge on any atom is 0.0647 e. The van der Waals surface area contributed by atoms with Crippen molar-refractivity contribution in [2.75, 3.05) is 0 Å². The topological polar surface area (TPSA) is 20.2 Å². The molecule has 0 aliphatic heterocycles. The predicted octanol–water partition coefficient (Wildman–Crippen LogP) is 4.00. The molecule has 0 aromatic rings. The molecule has 0 aromatic heterocycles. The van der Waals surface area contributed by atoms with Crippen LogP contribution in [0, 0.1) is 11.8 Å². The fraction of sp³-hybridized carbons (Fsp3) is 1.00. The predicted molar refractivity (Wildman–Crippen MR) is 63.4 cm³/mol. The minimum Gasteiger partial charge on any atom is -0.390 e. The highest BCUT2D eigenvalue weighted by Gasteiger charge is 2.26. The Hall–Kier alpha value is -0.0400. The van der Waals surface area contributed by atoms with E-state index in [4.69, 9.17) is 0 Å². The van der Waals surface area contributed by atoms with Crippen molar-refractivity contribution in [2.45, 2.75) is 72.3 Å². The van der Waals surface area contributed by atoms with Gasteiger partial charge in [-0.25, -0.2) is 0 Å². The second kappa shape index (κ2) is 6.44. The van der Waals surface area contributed by atoms with Gasteiger partial charge < -0.3 is 5.11 Å². The number of hydrogen-bond donors (Lipinski definition) is 1. The molecule has 1 N–H and O–H groups in total. The van der Waals surface area contributed by atoms with Crippen LogP contribution in [-0.2, 0) is 0 Å². The van der Waals surface area contributed by atoms with Gasteiger partial charge in [-0.1, -0.05) is 41.0 Å². The van der Waals surface area contributed by atoms with E-state index in [0.717, 1.165) is 31.6 Å². The summed E-state index contributed by atoms with van der Waals surface area (Å²) >= 11 is 0. The molecule has 2 atom stereocenters. The van der Waals surface area contributed by atoms with E-state index in [0.29, 0.717) is 5.92 Å². The largest absolute Gasteiger partial charge is 0.390 e. The highest BCUT2D eigenvalue weighted by molar-refractivity contribution is 4.78. The Morgan fingerprint density at radius 3 is 2.07 bits per heavy atom. The van der Waals surface area contributed by atoms with Crippen molar-refractivity contribution in [3.63, 3.8) is 0 Å². The average molecular weight is 200 g/mol. The van der Waals surface area contributed by atoms with Gasteiger partial charge in [-0.3, -0.25) is 0 Å². The molecule has 1 nitrogen and oxygen atoms in total. The second-order valence-corrected chi connectivity index (χ2v) is 5.27. The molecular formula is C13H28O. The third-order valence-electron chi connectivity index (χ3n) is 2.98. The summed E-state index contributed by atoms with van der Waals surface area (Å²) in [6.07, 6.45) is 5.12. The molecule has 14 heavy (non-hydrogen) atoms. The van der Waals surface area contributed by atoms with E-state index < -0.39 is 5.60 Å². The van der Waals surface area contributed by atoms with Gasteiger partial charge in [0.15, 0.2) is 0 Å². The van der Waals surface area contributed by atoms with Gasteiger partial charge >= 0.3 is 0 Å². The van der Waals surface area contributed by atoms with Crippen LogP contribution in [0.5, 0.6) is 0 Å². The van der Waals surface area contributed by atoms with Crippen LogP contribution in [0.15, 0.2) is 0 Å². The average Bonchev–Trinajstić information content (AvgIpc) is 2.02. The first kappa shape index (κ1) is 14.0. The van der Waals surface area contributed by atoms with Crippen LogP contribution in [0.1, 0.15) is 66.7 Å². The van der Waals surface area contributed by atoms with Crippen LogP contribution < -0.4 is 0 Å². The maximum absolute atomic E-state index is 10.3. The summed E-state index contributed by atoms with van der Waals surface area (Å²) in [6, 6.07) is 0. The smallest absolute Gasteiger partial charge is 0.0647 e. The molecule has 0 rings (SSSR count). The van der Waals surface area contributed by atoms with E-state index in [1.165, 1.54) is 6.42 Å². The Kier molecular flexibility index (Phi) is 6.43. The lowest BCUT2D eigenvalue weighted by Gasteiger charge is -2.30. The van der Waals surface area contributed by atoms with Gasteiger partial charge in [0.1, 0.15) is 0 Å². The van der Waals surface area contributed by atoms with Crippen LogP contribution in [0.4, 0.5) is 0 Å². The first-order valence-corrected chi connectivity index (χ1v) is 6.16. The maximum atomic E-state index is 10.3. The SMILES string of the molecule is CCCC(O)(CC)CC(C)CC(C)C. The lowest BCUT2D eigenvalue weighted by Crippen LogP contribution is -2.30. The Morgan fingerprint density at radius 1 is 1.14 bits per heavy atom. The molecule has 0 radical (unpaired) electrons. The molecule has 0 saturated heterocycles. The molecule has 1 heteroatoms. The van der Waals surface area contributed by atoms with Crippen LogP contribution in [0.2, 0.25) is 0 Å². The lowest BCUT2D eigenvalue weighted by atomic mass is 9.82. The van der Waals surface area contributed by atoms with Crippen molar-refractivity contribution in [3.8, 4) is 0 Å². The van der Waals surface area contributed by atoms with Gasteiger partial charge in [-0.2, -0.15) is 0 Å². The second-order valence-electron chi connectivity index (χ2n) is 5.27. The van der Waals surface area contributed by atoms with Crippen molar-refractivity contribution in [2.24, 2.45) is 11.8 Å². The van der Waals surface area contributed by atoms with E-state index in [1.807, 2.05) is 0 Å². The van der Waals surface area contributed by atoms with E-state index in [2.05, 4.69) is 34.6 Å². The van der Waals surface area contributed by atoms with E-state index in [-0.39, 0.29) is 0 Å². The molecule has 0 aromatic carbocycles. The highest BCUT2D eigenvalue weighted by atomic mass is 16.3. The summed E-state index contributed by atoms with van der Waals surface area (Å²) < 4.78 is 0. The van der Waals surface area contributed by atoms with E-state index in [1.54, 1.807) is 0 Å². The molecule has 0 bridgehead atoms. The summed E-state index contributed by atoms with van der Waals surface area (Å²) in [4.78, 5) is 0. The summed E-state index contributed by atoms with van der Waals surface area (Å²) in [5.74, 6) is 1.39. The molecule has 0 amide bonds. The monoisotopic (exact) mass is 200 g/mol. The van der Waals surface area contributed by atoms with Gasteiger partial charge in [0, 0.05) is 0 Å². The van der Waals surface area contributed by atoms with Crippen LogP contribution in [0.25, 0.3) is 0 Å². The molecule has 86 valence electrons. The van der Waals surface area contributed by atoms with E-state index >= 15 is 0 Å². The number of aliphatic hydroxyl groups is 1. The van der Waals surface area contributed by atoms with Gasteiger partial charge in [0.05, 0.1) is 5.60 Å². The summed E-state index contributed by atoms with van der Waals surface area (Å²) in [5.41, 5.74) is -0.400. The third-order valence-corrected chi connectivity index (χ3v) is 2.98. The summed E-state index contributed by atoms with van der Waals surface area (Å²) in [6.45, 7) is 11.0. The van der Waals surface area contributed by atoms with Crippen molar-refractivity contribution >= 4 is 0 Å². The molecule has 0 aliphatic carbocycles. The zero-order valence-electron chi connectivity index (χ0n) is 10.6. The molecule has 0 spiro atoms. The van der Waals surface area contributed by atoms with Gasteiger partial charge in [-0.15, -0.1) is 0 Å². The van der Waals surface area contributed by atoms with Gasteiger partial charge in [0.25, 0.3) is 0 Å². The van der Waals surface area contributed by atoms with Crippen LogP contribution >= 0.6 is 0 Å². The fourth-order valence-electron chi connectivity index (χ4n) is 2.43. The normalized spacial score (nSPS) is 18.2. The van der Waals surface area contributed by atoms with Crippen LogP contribution in [0.3, 0.4) is 0 Å². The van der Waals surface area contributed by atoms with Crippen molar-refractivity contribution < 1.29 is 5.11 Å². The molecule has 0 aliphatic rings.